The maximum atomic E-state index is 13.2. The summed E-state index contributed by atoms with van der Waals surface area (Å²) in [5, 5.41) is 0. The fourth-order valence-electron chi connectivity index (χ4n) is 5.74. The van der Waals surface area contributed by atoms with Crippen molar-refractivity contribution in [1.29, 1.82) is 0 Å². The number of carbonyl (C=O) groups excluding carboxylic acids is 2. The van der Waals surface area contributed by atoms with Crippen molar-refractivity contribution in [2.75, 3.05) is 0 Å². The van der Waals surface area contributed by atoms with E-state index in [0.29, 0.717) is 23.5 Å². The standard InChI is InChI=1S/C20H23NO3/c21-24-13-7-8-14(10-1-2-10)15(9-13)18-19(22)16-11-3-4-12(6-5-11)17(16)20(18)23/h7-12,16-18H,1-6,21H2. The van der Waals surface area contributed by atoms with Crippen molar-refractivity contribution < 1.29 is 14.4 Å². The van der Waals surface area contributed by atoms with Crippen molar-refractivity contribution in [2.24, 2.45) is 29.6 Å². The molecule has 5 saturated carbocycles. The molecule has 2 unspecified atom stereocenters. The Labute approximate surface area is 141 Å². The summed E-state index contributed by atoms with van der Waals surface area (Å²) in [6.07, 6.45) is 6.78. The first-order valence-corrected chi connectivity index (χ1v) is 9.27. The molecular weight excluding hydrogens is 302 g/mol. The second-order valence-electron chi connectivity index (χ2n) is 8.15. The molecule has 2 atom stereocenters. The number of ketones is 2. The smallest absolute Gasteiger partial charge is 0.151 e. The van der Waals surface area contributed by atoms with Gasteiger partial charge in [0.25, 0.3) is 0 Å². The third kappa shape index (κ3) is 1.95. The Morgan fingerprint density at radius 2 is 1.42 bits per heavy atom. The fraction of sp³-hybridized carbons (Fsp3) is 0.600. The number of nitrogens with two attached hydrogens (primary N) is 1. The zero-order valence-electron chi connectivity index (χ0n) is 13.7. The molecule has 1 aromatic rings. The molecule has 6 rings (SSSR count). The Hall–Kier alpha value is -1.68. The van der Waals surface area contributed by atoms with Crippen LogP contribution in [-0.2, 0) is 9.59 Å². The average molecular weight is 325 g/mol. The molecule has 5 fully saturated rings. The monoisotopic (exact) mass is 325 g/mol. The summed E-state index contributed by atoms with van der Waals surface area (Å²) >= 11 is 0. The van der Waals surface area contributed by atoms with Crippen LogP contribution >= 0.6 is 0 Å². The van der Waals surface area contributed by atoms with Crippen LogP contribution in [0.1, 0.15) is 61.5 Å². The third-order valence-electron chi connectivity index (χ3n) is 6.97. The molecule has 0 aromatic heterocycles. The molecule has 0 saturated heterocycles. The van der Waals surface area contributed by atoms with Crippen molar-refractivity contribution in [1.82, 2.24) is 0 Å². The molecule has 0 amide bonds. The third-order valence-corrected chi connectivity index (χ3v) is 6.97. The zero-order valence-corrected chi connectivity index (χ0v) is 13.7. The molecule has 24 heavy (non-hydrogen) atoms. The minimum Gasteiger partial charge on any atom is -0.412 e. The highest BCUT2D eigenvalue weighted by Crippen LogP contribution is 2.57. The van der Waals surface area contributed by atoms with Gasteiger partial charge in [-0.05, 0) is 79.5 Å². The lowest BCUT2D eigenvalue weighted by Crippen LogP contribution is -2.41. The second kappa shape index (κ2) is 5.16. The van der Waals surface area contributed by atoms with E-state index in [1.165, 1.54) is 0 Å². The molecule has 2 N–H and O–H groups in total. The predicted octanol–water partition coefficient (Wildman–Crippen LogP) is 3.10. The molecule has 0 radical (unpaired) electrons. The van der Waals surface area contributed by atoms with Gasteiger partial charge in [-0.3, -0.25) is 9.59 Å². The van der Waals surface area contributed by atoms with Crippen LogP contribution in [0.3, 0.4) is 0 Å². The van der Waals surface area contributed by atoms with Crippen molar-refractivity contribution in [3.8, 4) is 5.75 Å². The first-order valence-electron chi connectivity index (χ1n) is 9.27. The molecule has 126 valence electrons. The zero-order chi connectivity index (χ0) is 16.4. The average Bonchev–Trinajstić information content (AvgIpc) is 3.42. The Morgan fingerprint density at radius 1 is 0.833 bits per heavy atom. The van der Waals surface area contributed by atoms with E-state index < -0.39 is 5.92 Å². The Bertz CT molecular complexity index is 686. The van der Waals surface area contributed by atoms with Crippen molar-refractivity contribution in [2.45, 2.75) is 50.4 Å². The molecule has 0 aliphatic heterocycles. The number of benzene rings is 1. The number of fused-ring (bicyclic) bond motifs is 2. The van der Waals surface area contributed by atoms with Crippen molar-refractivity contribution >= 4 is 11.6 Å². The molecule has 4 nitrogen and oxygen atoms in total. The van der Waals surface area contributed by atoms with Gasteiger partial charge in [-0.15, -0.1) is 0 Å². The molecule has 0 spiro atoms. The van der Waals surface area contributed by atoms with Gasteiger partial charge in [0.05, 0.1) is 0 Å². The highest BCUT2D eigenvalue weighted by molar-refractivity contribution is 6.16. The van der Waals surface area contributed by atoms with E-state index in [1.807, 2.05) is 18.2 Å². The van der Waals surface area contributed by atoms with Gasteiger partial charge < -0.3 is 4.84 Å². The fourth-order valence-corrected chi connectivity index (χ4v) is 5.74. The summed E-state index contributed by atoms with van der Waals surface area (Å²) in [6.45, 7) is 0. The quantitative estimate of drug-likeness (QED) is 0.685. The number of hydrogen-bond donors (Lipinski definition) is 1. The van der Waals surface area contributed by atoms with Gasteiger partial charge >= 0.3 is 0 Å². The van der Waals surface area contributed by atoms with Gasteiger partial charge in [0.15, 0.2) is 11.6 Å². The lowest BCUT2D eigenvalue weighted by molar-refractivity contribution is -0.129. The van der Waals surface area contributed by atoms with E-state index in [-0.39, 0.29) is 23.4 Å². The maximum absolute atomic E-state index is 13.2. The van der Waals surface area contributed by atoms with E-state index in [9.17, 15) is 9.59 Å². The first-order chi connectivity index (χ1) is 11.7. The maximum Gasteiger partial charge on any atom is 0.151 e. The van der Waals surface area contributed by atoms with Crippen LogP contribution in [-0.4, -0.2) is 11.6 Å². The van der Waals surface area contributed by atoms with Crippen LogP contribution < -0.4 is 10.7 Å². The summed E-state index contributed by atoms with van der Waals surface area (Å²) in [7, 11) is 0. The van der Waals surface area contributed by atoms with E-state index in [4.69, 9.17) is 10.7 Å². The topological polar surface area (TPSA) is 69.4 Å². The lowest BCUT2D eigenvalue weighted by atomic mass is 9.59. The number of rotatable bonds is 3. The van der Waals surface area contributed by atoms with Gasteiger partial charge in [0.1, 0.15) is 11.7 Å². The second-order valence-corrected chi connectivity index (χ2v) is 8.15. The molecule has 5 aliphatic carbocycles. The van der Waals surface area contributed by atoms with E-state index in [1.54, 1.807) is 0 Å². The minimum absolute atomic E-state index is 0.0236. The van der Waals surface area contributed by atoms with Gasteiger partial charge in [-0.25, -0.2) is 0 Å². The minimum atomic E-state index is -0.577. The van der Waals surface area contributed by atoms with Gasteiger partial charge in [-0.2, -0.15) is 5.90 Å². The molecule has 4 heteroatoms. The predicted molar refractivity (Wildman–Crippen MR) is 88.4 cm³/mol. The SMILES string of the molecule is NOc1ccc(C2CC2)c(C2C(=O)C3C4CCC(CC4)C3C2=O)c1. The number of carbonyl (C=O) groups is 2. The Morgan fingerprint density at radius 3 is 1.92 bits per heavy atom. The van der Waals surface area contributed by atoms with Crippen molar-refractivity contribution in [3.05, 3.63) is 29.3 Å². The summed E-state index contributed by atoms with van der Waals surface area (Å²) in [6, 6.07) is 5.69. The van der Waals surface area contributed by atoms with Crippen LogP contribution in [0, 0.1) is 23.7 Å². The van der Waals surface area contributed by atoms with E-state index in [0.717, 1.165) is 49.7 Å². The van der Waals surface area contributed by atoms with Gasteiger partial charge in [-0.1, -0.05) is 6.07 Å². The van der Waals surface area contributed by atoms with Gasteiger partial charge in [0, 0.05) is 11.8 Å². The van der Waals surface area contributed by atoms with Crippen LogP contribution in [0.5, 0.6) is 5.75 Å². The van der Waals surface area contributed by atoms with Crippen LogP contribution in [0.25, 0.3) is 0 Å². The summed E-state index contributed by atoms with van der Waals surface area (Å²) in [4.78, 5) is 31.4. The molecule has 1 aromatic carbocycles. The van der Waals surface area contributed by atoms with E-state index >= 15 is 0 Å². The molecule has 0 heterocycles. The van der Waals surface area contributed by atoms with Crippen LogP contribution in [0.4, 0.5) is 0 Å². The summed E-state index contributed by atoms with van der Waals surface area (Å²) in [5.41, 5.74) is 2.04. The Kier molecular flexibility index (Phi) is 3.15. The first kappa shape index (κ1) is 14.6. The normalized spacial score (nSPS) is 37.6. The largest absolute Gasteiger partial charge is 0.412 e. The Balaban J connectivity index is 1.60. The lowest BCUT2D eigenvalue weighted by Gasteiger charge is -2.43. The molecular formula is C20H23NO3. The summed E-state index contributed by atoms with van der Waals surface area (Å²) in [5.74, 6) is 6.95. The molecule has 5 aliphatic rings. The highest BCUT2D eigenvalue weighted by atomic mass is 16.6. The highest BCUT2D eigenvalue weighted by Gasteiger charge is 2.59. The van der Waals surface area contributed by atoms with Crippen LogP contribution in [0.15, 0.2) is 18.2 Å². The number of Topliss-reactive ketones (excluding diaryl/α,β-unsaturated/α-hetero) is 2. The number of hydrogen-bond acceptors (Lipinski definition) is 4. The van der Waals surface area contributed by atoms with Crippen LogP contribution in [0.2, 0.25) is 0 Å². The van der Waals surface area contributed by atoms with E-state index in [2.05, 4.69) is 0 Å². The molecule has 2 bridgehead atoms. The van der Waals surface area contributed by atoms with Crippen molar-refractivity contribution in [3.63, 3.8) is 0 Å². The van der Waals surface area contributed by atoms with Gasteiger partial charge in [0.2, 0.25) is 0 Å². The summed E-state index contributed by atoms with van der Waals surface area (Å²) < 4.78 is 0.